The summed E-state index contributed by atoms with van der Waals surface area (Å²) in [6.45, 7) is 6.47. The van der Waals surface area contributed by atoms with Crippen LogP contribution in [0.15, 0.2) is 17.2 Å². The summed E-state index contributed by atoms with van der Waals surface area (Å²) >= 11 is 5.99. The molecule has 9 heteroatoms. The Morgan fingerprint density at radius 3 is 2.73 bits per heavy atom. The van der Waals surface area contributed by atoms with E-state index in [-0.39, 0.29) is 12.1 Å². The first kappa shape index (κ1) is 18.4. The van der Waals surface area contributed by atoms with Gasteiger partial charge in [0.05, 0.1) is 30.8 Å². The van der Waals surface area contributed by atoms with Crippen LogP contribution in [0.3, 0.4) is 0 Å². The van der Waals surface area contributed by atoms with E-state index in [2.05, 4.69) is 10.1 Å². The first-order chi connectivity index (χ1) is 12.1. The van der Waals surface area contributed by atoms with Crippen LogP contribution in [0.1, 0.15) is 37.7 Å². The molecular formula is C17H22ClN5O3. The molecular weight excluding hydrogens is 358 g/mol. The molecule has 0 aliphatic carbocycles. The van der Waals surface area contributed by atoms with E-state index in [4.69, 9.17) is 16.3 Å². The smallest absolute Gasteiger partial charge is 0.410 e. The molecule has 0 spiro atoms. The number of carbonyl (C=O) groups excluding carboxylic acids is 1. The molecule has 0 atom stereocenters. The van der Waals surface area contributed by atoms with Crippen LogP contribution in [-0.4, -0.2) is 42.5 Å². The third-order valence-electron chi connectivity index (χ3n) is 4.05. The molecule has 3 heterocycles. The van der Waals surface area contributed by atoms with E-state index in [1.807, 2.05) is 20.8 Å². The van der Waals surface area contributed by atoms with Gasteiger partial charge in [0.1, 0.15) is 10.8 Å². The number of hydrogen-bond acceptors (Lipinski definition) is 5. The van der Waals surface area contributed by atoms with E-state index in [0.717, 1.165) is 0 Å². The second kappa shape index (κ2) is 6.75. The highest BCUT2D eigenvalue weighted by Crippen LogP contribution is 2.17. The molecule has 26 heavy (non-hydrogen) atoms. The molecule has 0 bridgehead atoms. The fourth-order valence-corrected chi connectivity index (χ4v) is 2.97. The maximum absolute atomic E-state index is 12.7. The summed E-state index contributed by atoms with van der Waals surface area (Å²) in [4.78, 5) is 30.9. The van der Waals surface area contributed by atoms with Gasteiger partial charge < -0.3 is 9.64 Å². The van der Waals surface area contributed by atoms with Gasteiger partial charge in [-0.2, -0.15) is 5.10 Å². The van der Waals surface area contributed by atoms with Gasteiger partial charge in [-0.15, -0.1) is 0 Å². The molecule has 0 saturated carbocycles. The number of amides is 1. The lowest BCUT2D eigenvalue weighted by atomic mass is 10.1. The molecule has 1 amide bonds. The summed E-state index contributed by atoms with van der Waals surface area (Å²) in [7, 11) is 1.74. The number of hydrogen-bond donors (Lipinski definition) is 0. The van der Waals surface area contributed by atoms with Crippen molar-refractivity contribution >= 4 is 17.7 Å². The molecule has 0 N–H and O–H groups in total. The molecule has 8 nitrogen and oxygen atoms in total. The highest BCUT2D eigenvalue weighted by atomic mass is 35.5. The van der Waals surface area contributed by atoms with Crippen LogP contribution in [0.4, 0.5) is 4.79 Å². The third-order valence-corrected chi connectivity index (χ3v) is 4.40. The molecule has 3 rings (SSSR count). The molecule has 2 aromatic heterocycles. The van der Waals surface area contributed by atoms with Crippen molar-refractivity contribution in [3.05, 3.63) is 44.9 Å². The minimum atomic E-state index is -0.557. The largest absolute Gasteiger partial charge is 0.444 e. The summed E-state index contributed by atoms with van der Waals surface area (Å²) in [5.74, 6) is 0. The summed E-state index contributed by atoms with van der Waals surface area (Å²) < 4.78 is 8.45. The Balaban J connectivity index is 1.78. The maximum atomic E-state index is 12.7. The van der Waals surface area contributed by atoms with E-state index >= 15 is 0 Å². The normalized spacial score (nSPS) is 14.3. The van der Waals surface area contributed by atoms with Crippen molar-refractivity contribution in [2.45, 2.75) is 45.9 Å². The minimum absolute atomic E-state index is 0.111. The Morgan fingerprint density at radius 2 is 2.12 bits per heavy atom. The molecule has 0 aromatic carbocycles. The predicted octanol–water partition coefficient (Wildman–Crippen LogP) is 1.97. The predicted molar refractivity (Wildman–Crippen MR) is 96.2 cm³/mol. The maximum Gasteiger partial charge on any atom is 0.410 e. The van der Waals surface area contributed by atoms with Crippen LogP contribution >= 0.6 is 11.6 Å². The summed E-state index contributed by atoms with van der Waals surface area (Å²) in [6, 6.07) is 1.72. The SMILES string of the molecule is Cn1nc(Cn2cnc3c(c2=O)CCN(C(=O)OC(C)(C)C)C3)cc1Cl. The van der Waals surface area contributed by atoms with Gasteiger partial charge in [-0.25, -0.2) is 9.78 Å². The molecule has 0 saturated heterocycles. The van der Waals surface area contributed by atoms with E-state index in [9.17, 15) is 9.59 Å². The van der Waals surface area contributed by atoms with Crippen molar-refractivity contribution in [1.29, 1.82) is 0 Å². The Labute approximate surface area is 156 Å². The third kappa shape index (κ3) is 3.90. The lowest BCUT2D eigenvalue weighted by molar-refractivity contribution is 0.0220. The van der Waals surface area contributed by atoms with Crippen molar-refractivity contribution in [3.8, 4) is 0 Å². The lowest BCUT2D eigenvalue weighted by Crippen LogP contribution is -2.42. The molecule has 2 aromatic rings. The van der Waals surface area contributed by atoms with Gasteiger partial charge in [0.15, 0.2) is 0 Å². The zero-order valence-corrected chi connectivity index (χ0v) is 16.1. The highest BCUT2D eigenvalue weighted by Gasteiger charge is 2.28. The van der Waals surface area contributed by atoms with Crippen LogP contribution in [0.5, 0.6) is 0 Å². The average Bonchev–Trinajstić information content (AvgIpc) is 2.86. The summed E-state index contributed by atoms with van der Waals surface area (Å²) in [5, 5.41) is 4.76. The fourth-order valence-electron chi connectivity index (χ4n) is 2.81. The standard InChI is InChI=1S/C17H22ClN5O3/c1-17(2,3)26-16(25)22-6-5-12-13(9-22)19-10-23(15(12)24)8-11-7-14(18)21(4)20-11/h7,10H,5-6,8-9H2,1-4H3. The number of fused-ring (bicyclic) bond motifs is 1. The van der Waals surface area contributed by atoms with E-state index in [0.29, 0.717) is 41.6 Å². The van der Waals surface area contributed by atoms with Gasteiger partial charge in [0, 0.05) is 25.2 Å². The molecule has 0 radical (unpaired) electrons. The van der Waals surface area contributed by atoms with Gasteiger partial charge in [0.25, 0.3) is 5.56 Å². The van der Waals surface area contributed by atoms with Crippen molar-refractivity contribution in [1.82, 2.24) is 24.2 Å². The van der Waals surface area contributed by atoms with Crippen LogP contribution < -0.4 is 5.56 Å². The van der Waals surface area contributed by atoms with Gasteiger partial charge in [-0.05, 0) is 27.2 Å². The number of nitrogens with zero attached hydrogens (tertiary/aromatic N) is 5. The average molecular weight is 380 g/mol. The Bertz CT molecular complexity index is 877. The van der Waals surface area contributed by atoms with Gasteiger partial charge in [0.2, 0.25) is 0 Å². The number of aryl methyl sites for hydroxylation is 1. The monoisotopic (exact) mass is 379 g/mol. The van der Waals surface area contributed by atoms with Crippen LogP contribution in [-0.2, 0) is 31.3 Å². The minimum Gasteiger partial charge on any atom is -0.444 e. The molecule has 1 aliphatic rings. The highest BCUT2D eigenvalue weighted by molar-refractivity contribution is 6.29. The van der Waals surface area contributed by atoms with E-state index < -0.39 is 11.7 Å². The van der Waals surface area contributed by atoms with E-state index in [1.54, 1.807) is 22.7 Å². The van der Waals surface area contributed by atoms with Crippen molar-refractivity contribution in [2.75, 3.05) is 6.54 Å². The second-order valence-electron chi connectivity index (χ2n) is 7.34. The molecule has 0 fully saturated rings. The van der Waals surface area contributed by atoms with Crippen molar-refractivity contribution < 1.29 is 9.53 Å². The molecule has 140 valence electrons. The fraction of sp³-hybridized carbons (Fsp3) is 0.529. The van der Waals surface area contributed by atoms with Crippen molar-refractivity contribution in [2.24, 2.45) is 7.05 Å². The van der Waals surface area contributed by atoms with Crippen LogP contribution in [0, 0.1) is 0 Å². The first-order valence-corrected chi connectivity index (χ1v) is 8.75. The number of ether oxygens (including phenoxy) is 1. The Hall–Kier alpha value is -2.35. The van der Waals surface area contributed by atoms with Crippen molar-refractivity contribution in [3.63, 3.8) is 0 Å². The Kier molecular flexibility index (Phi) is 4.79. The Morgan fingerprint density at radius 1 is 1.38 bits per heavy atom. The topological polar surface area (TPSA) is 82.3 Å². The van der Waals surface area contributed by atoms with Gasteiger partial charge in [-0.1, -0.05) is 11.6 Å². The first-order valence-electron chi connectivity index (χ1n) is 8.37. The lowest BCUT2D eigenvalue weighted by Gasteiger charge is -2.30. The second-order valence-corrected chi connectivity index (χ2v) is 7.72. The van der Waals surface area contributed by atoms with Crippen LogP contribution in [0.2, 0.25) is 5.15 Å². The zero-order valence-electron chi connectivity index (χ0n) is 15.3. The number of aromatic nitrogens is 4. The van der Waals surface area contributed by atoms with Gasteiger partial charge in [-0.3, -0.25) is 14.0 Å². The van der Waals surface area contributed by atoms with E-state index in [1.165, 1.54) is 10.9 Å². The molecule has 1 aliphatic heterocycles. The molecule has 0 unspecified atom stereocenters. The zero-order chi connectivity index (χ0) is 19.1. The number of halogens is 1. The summed E-state index contributed by atoms with van der Waals surface area (Å²) in [6.07, 6.45) is 1.55. The number of rotatable bonds is 2. The van der Waals surface area contributed by atoms with Crippen LogP contribution in [0.25, 0.3) is 0 Å². The van der Waals surface area contributed by atoms with Gasteiger partial charge >= 0.3 is 6.09 Å². The summed E-state index contributed by atoms with van der Waals surface area (Å²) in [5.41, 5.74) is 1.27. The number of carbonyl (C=O) groups is 1. The quantitative estimate of drug-likeness (QED) is 0.796.